The van der Waals surface area contributed by atoms with Crippen molar-refractivity contribution in [3.8, 4) is 0 Å². The molecule has 118 valence electrons. The number of hydrogen-bond donors (Lipinski definition) is 2. The number of nitrogens with one attached hydrogen (secondary N) is 1. The Morgan fingerprint density at radius 2 is 2.00 bits per heavy atom. The highest BCUT2D eigenvalue weighted by Crippen LogP contribution is 2.33. The number of nitrogens with two attached hydrogens (primary N) is 1. The van der Waals surface area contributed by atoms with Crippen molar-refractivity contribution in [1.82, 2.24) is 0 Å². The van der Waals surface area contributed by atoms with E-state index in [1.165, 1.54) is 12.1 Å². The van der Waals surface area contributed by atoms with Crippen molar-refractivity contribution in [3.05, 3.63) is 29.3 Å². The molecule has 0 spiro atoms. The Labute approximate surface area is 122 Å². The van der Waals surface area contributed by atoms with Gasteiger partial charge in [-0.2, -0.15) is 13.2 Å². The Balaban J connectivity index is 2.95. The van der Waals surface area contributed by atoms with Crippen LogP contribution >= 0.6 is 0 Å². The number of benzene rings is 1. The first kappa shape index (κ1) is 17.3. The first-order valence-electron chi connectivity index (χ1n) is 6.51. The molecule has 0 saturated heterocycles. The molecule has 0 heterocycles. The van der Waals surface area contributed by atoms with E-state index < -0.39 is 17.6 Å². The SMILES string of the molecule is CC(C)OCCN(C)c1ccc(C(F)(F)F)c(C(=N)N)c1. The zero-order valence-corrected chi connectivity index (χ0v) is 12.3. The number of hydrogen-bond acceptors (Lipinski definition) is 3. The molecule has 0 aromatic heterocycles. The third-order valence-electron chi connectivity index (χ3n) is 2.92. The molecule has 0 aliphatic carbocycles. The molecular weight excluding hydrogens is 283 g/mol. The van der Waals surface area contributed by atoms with E-state index in [4.69, 9.17) is 15.9 Å². The molecule has 0 saturated carbocycles. The van der Waals surface area contributed by atoms with E-state index in [1.807, 2.05) is 13.8 Å². The van der Waals surface area contributed by atoms with Crippen LogP contribution in [-0.4, -0.2) is 32.1 Å². The fourth-order valence-corrected chi connectivity index (χ4v) is 1.79. The lowest BCUT2D eigenvalue weighted by Crippen LogP contribution is -2.25. The molecule has 4 nitrogen and oxygen atoms in total. The smallest absolute Gasteiger partial charge is 0.384 e. The number of rotatable bonds is 6. The summed E-state index contributed by atoms with van der Waals surface area (Å²) in [6.07, 6.45) is -4.43. The van der Waals surface area contributed by atoms with E-state index in [1.54, 1.807) is 11.9 Å². The van der Waals surface area contributed by atoms with Crippen LogP contribution in [0.2, 0.25) is 0 Å². The third kappa shape index (κ3) is 4.93. The summed E-state index contributed by atoms with van der Waals surface area (Å²) in [5.41, 5.74) is 4.61. The lowest BCUT2D eigenvalue weighted by molar-refractivity contribution is -0.137. The summed E-state index contributed by atoms with van der Waals surface area (Å²) < 4.78 is 43.9. The minimum atomic E-state index is -4.53. The minimum Gasteiger partial charge on any atom is -0.384 e. The molecule has 0 fully saturated rings. The Hall–Kier alpha value is -1.76. The monoisotopic (exact) mass is 303 g/mol. The normalized spacial score (nSPS) is 11.8. The molecule has 7 heteroatoms. The number of nitrogens with zero attached hydrogens (tertiary/aromatic N) is 1. The van der Waals surface area contributed by atoms with Gasteiger partial charge in [-0.1, -0.05) is 0 Å². The maximum absolute atomic E-state index is 12.8. The Kier molecular flexibility index (Phi) is 5.60. The maximum atomic E-state index is 12.8. The number of anilines is 1. The second kappa shape index (κ2) is 6.80. The van der Waals surface area contributed by atoms with E-state index in [0.29, 0.717) is 18.8 Å². The summed E-state index contributed by atoms with van der Waals surface area (Å²) in [6, 6.07) is 3.59. The van der Waals surface area contributed by atoms with Gasteiger partial charge in [0.15, 0.2) is 0 Å². The number of likely N-dealkylation sites (N-methyl/N-ethyl adjacent to an activating group) is 1. The number of alkyl halides is 3. The van der Waals surface area contributed by atoms with Gasteiger partial charge in [-0.3, -0.25) is 5.41 Å². The van der Waals surface area contributed by atoms with Crippen molar-refractivity contribution < 1.29 is 17.9 Å². The summed E-state index contributed by atoms with van der Waals surface area (Å²) in [5, 5.41) is 7.32. The van der Waals surface area contributed by atoms with Crippen molar-refractivity contribution >= 4 is 11.5 Å². The van der Waals surface area contributed by atoms with E-state index in [9.17, 15) is 13.2 Å². The highest BCUT2D eigenvalue weighted by atomic mass is 19.4. The van der Waals surface area contributed by atoms with Crippen LogP contribution in [0, 0.1) is 5.41 Å². The minimum absolute atomic E-state index is 0.0961. The van der Waals surface area contributed by atoms with Crippen LogP contribution in [0.25, 0.3) is 0 Å². The van der Waals surface area contributed by atoms with Crippen molar-refractivity contribution in [1.29, 1.82) is 5.41 Å². The molecule has 0 amide bonds. The molecule has 21 heavy (non-hydrogen) atoms. The van der Waals surface area contributed by atoms with Gasteiger partial charge in [0.1, 0.15) is 5.84 Å². The van der Waals surface area contributed by atoms with Gasteiger partial charge in [-0.05, 0) is 32.0 Å². The predicted molar refractivity (Wildman–Crippen MR) is 76.8 cm³/mol. The zero-order valence-electron chi connectivity index (χ0n) is 12.3. The van der Waals surface area contributed by atoms with Crippen LogP contribution in [0.4, 0.5) is 18.9 Å². The lowest BCUT2D eigenvalue weighted by atomic mass is 10.0. The zero-order chi connectivity index (χ0) is 16.2. The molecule has 0 aliphatic rings. The average Bonchev–Trinajstić information content (AvgIpc) is 2.36. The van der Waals surface area contributed by atoms with Gasteiger partial charge in [0.25, 0.3) is 0 Å². The Morgan fingerprint density at radius 3 is 2.48 bits per heavy atom. The lowest BCUT2D eigenvalue weighted by Gasteiger charge is -2.22. The molecule has 1 aromatic carbocycles. The second-order valence-electron chi connectivity index (χ2n) is 4.98. The summed E-state index contributed by atoms with van der Waals surface area (Å²) >= 11 is 0. The average molecular weight is 303 g/mol. The van der Waals surface area contributed by atoms with E-state index in [-0.39, 0.29) is 11.7 Å². The van der Waals surface area contributed by atoms with Gasteiger partial charge in [0.2, 0.25) is 0 Å². The summed E-state index contributed by atoms with van der Waals surface area (Å²) in [4.78, 5) is 1.76. The molecule has 1 rings (SSSR count). The van der Waals surface area contributed by atoms with E-state index >= 15 is 0 Å². The summed E-state index contributed by atoms with van der Waals surface area (Å²) in [5.74, 6) is -0.601. The predicted octanol–water partition coefficient (Wildman–Crippen LogP) is 2.85. The molecule has 0 aliphatic heterocycles. The first-order chi connectivity index (χ1) is 9.62. The van der Waals surface area contributed by atoms with Gasteiger partial charge in [0, 0.05) is 24.8 Å². The Morgan fingerprint density at radius 1 is 1.38 bits per heavy atom. The van der Waals surface area contributed by atoms with Crippen LogP contribution in [0.1, 0.15) is 25.0 Å². The molecular formula is C14H20F3N3O. The quantitative estimate of drug-likeness (QED) is 0.627. The molecule has 0 radical (unpaired) electrons. The van der Waals surface area contributed by atoms with Crippen LogP contribution in [-0.2, 0) is 10.9 Å². The van der Waals surface area contributed by atoms with Crippen molar-refractivity contribution in [2.45, 2.75) is 26.1 Å². The highest BCUT2D eigenvalue weighted by Gasteiger charge is 2.34. The number of nitrogen functional groups attached to an aromatic ring is 1. The standard InChI is InChI=1S/C14H20F3N3O/c1-9(2)21-7-6-20(3)10-4-5-12(14(15,16)17)11(8-10)13(18)19/h4-5,8-9H,6-7H2,1-3H3,(H3,18,19). The number of amidine groups is 1. The van der Waals surface area contributed by atoms with Crippen LogP contribution < -0.4 is 10.6 Å². The molecule has 0 unspecified atom stereocenters. The van der Waals surface area contributed by atoms with E-state index in [2.05, 4.69) is 0 Å². The maximum Gasteiger partial charge on any atom is 0.417 e. The van der Waals surface area contributed by atoms with Crippen LogP contribution in [0.5, 0.6) is 0 Å². The van der Waals surface area contributed by atoms with Gasteiger partial charge in [-0.25, -0.2) is 0 Å². The van der Waals surface area contributed by atoms with Crippen molar-refractivity contribution in [2.24, 2.45) is 5.73 Å². The van der Waals surface area contributed by atoms with Gasteiger partial charge in [0.05, 0.1) is 18.3 Å². The Bertz CT molecular complexity index is 501. The molecule has 0 bridgehead atoms. The van der Waals surface area contributed by atoms with Gasteiger partial charge >= 0.3 is 6.18 Å². The van der Waals surface area contributed by atoms with Crippen molar-refractivity contribution in [2.75, 3.05) is 25.1 Å². The van der Waals surface area contributed by atoms with Gasteiger partial charge in [-0.15, -0.1) is 0 Å². The summed E-state index contributed by atoms with van der Waals surface area (Å²) in [6.45, 7) is 4.81. The second-order valence-corrected chi connectivity index (χ2v) is 4.98. The van der Waals surface area contributed by atoms with Crippen LogP contribution in [0.15, 0.2) is 18.2 Å². The molecule has 0 atom stereocenters. The van der Waals surface area contributed by atoms with Crippen molar-refractivity contribution in [3.63, 3.8) is 0 Å². The highest BCUT2D eigenvalue weighted by molar-refractivity contribution is 5.97. The largest absolute Gasteiger partial charge is 0.417 e. The first-order valence-corrected chi connectivity index (χ1v) is 6.51. The van der Waals surface area contributed by atoms with E-state index in [0.717, 1.165) is 6.07 Å². The van der Waals surface area contributed by atoms with Gasteiger partial charge < -0.3 is 15.4 Å². The molecule has 3 N–H and O–H groups in total. The fourth-order valence-electron chi connectivity index (χ4n) is 1.79. The van der Waals surface area contributed by atoms with Crippen LogP contribution in [0.3, 0.4) is 0 Å². The third-order valence-corrected chi connectivity index (χ3v) is 2.92. The topological polar surface area (TPSA) is 62.3 Å². The molecule has 1 aromatic rings. The fraction of sp³-hybridized carbons (Fsp3) is 0.500. The summed E-state index contributed by atoms with van der Waals surface area (Å²) in [7, 11) is 1.75. The number of halogens is 3. The number of ether oxygens (including phenoxy) is 1.